The van der Waals surface area contributed by atoms with Gasteiger partial charge in [-0.1, -0.05) is 24.3 Å². The number of amides is 1. The minimum atomic E-state index is -0.667. The predicted octanol–water partition coefficient (Wildman–Crippen LogP) is 0.708. The molecule has 20 heavy (non-hydrogen) atoms. The van der Waals surface area contributed by atoms with E-state index < -0.39 is 18.1 Å². The van der Waals surface area contributed by atoms with Crippen molar-refractivity contribution in [2.24, 2.45) is 0 Å². The number of fused-ring (bicyclic) bond motifs is 1. The number of aliphatic hydroxyl groups excluding tert-OH is 1. The highest BCUT2D eigenvalue weighted by Crippen LogP contribution is 2.31. The molecule has 5 heteroatoms. The van der Waals surface area contributed by atoms with E-state index in [2.05, 4.69) is 5.32 Å². The van der Waals surface area contributed by atoms with Gasteiger partial charge < -0.3 is 15.6 Å². The lowest BCUT2D eigenvalue weighted by Crippen LogP contribution is -2.42. The van der Waals surface area contributed by atoms with Crippen molar-refractivity contribution in [1.82, 2.24) is 5.32 Å². The Kier molecular flexibility index (Phi) is 3.12. The molecule has 0 bridgehead atoms. The average molecular weight is 270 g/mol. The molecule has 3 rings (SSSR count). The highest BCUT2D eigenvalue weighted by Gasteiger charge is 2.33. The van der Waals surface area contributed by atoms with Gasteiger partial charge in [0.25, 0.3) is 5.69 Å². The van der Waals surface area contributed by atoms with Gasteiger partial charge in [-0.3, -0.25) is 4.79 Å². The smallest absolute Gasteiger partial charge is 0.317 e. The topological polar surface area (TPSA) is 76.3 Å². The first-order chi connectivity index (χ1) is 9.66. The third-order valence-electron chi connectivity index (χ3n) is 3.55. The van der Waals surface area contributed by atoms with Gasteiger partial charge >= 0.3 is 5.91 Å². The van der Waals surface area contributed by atoms with E-state index in [1.807, 2.05) is 24.3 Å². The number of pyridine rings is 1. The second-order valence-corrected chi connectivity index (χ2v) is 4.83. The molecule has 2 aromatic rings. The summed E-state index contributed by atoms with van der Waals surface area (Å²) in [5.41, 5.74) is 1.94. The van der Waals surface area contributed by atoms with Crippen molar-refractivity contribution >= 4 is 5.91 Å². The number of aliphatic hydroxyl groups is 1. The van der Waals surface area contributed by atoms with Crippen molar-refractivity contribution < 1.29 is 14.6 Å². The van der Waals surface area contributed by atoms with Gasteiger partial charge in [-0.25, -0.2) is 0 Å². The Morgan fingerprint density at radius 1 is 1.25 bits per heavy atom. The molecular formula is C15H14N2O3. The molecule has 5 nitrogen and oxygen atoms in total. The van der Waals surface area contributed by atoms with E-state index in [1.54, 1.807) is 12.1 Å². The standard InChI is InChI=1S/C15H14N2O3/c18-13-9-10-5-1-2-6-11(10)14(13)16-15(19)12-7-3-4-8-17(12)20/h1-8,13-14,18H,9H2,(H,16,19). The molecule has 2 unspecified atom stereocenters. The van der Waals surface area contributed by atoms with Crippen LogP contribution in [-0.2, 0) is 6.42 Å². The van der Waals surface area contributed by atoms with Crippen LogP contribution in [-0.4, -0.2) is 17.1 Å². The molecule has 0 aliphatic heterocycles. The Bertz CT molecular complexity index is 657. The van der Waals surface area contributed by atoms with Crippen LogP contribution in [0.25, 0.3) is 0 Å². The molecule has 1 aliphatic rings. The van der Waals surface area contributed by atoms with Crippen LogP contribution < -0.4 is 10.0 Å². The molecule has 1 aromatic carbocycles. The van der Waals surface area contributed by atoms with E-state index >= 15 is 0 Å². The van der Waals surface area contributed by atoms with Crippen molar-refractivity contribution in [2.45, 2.75) is 18.6 Å². The van der Waals surface area contributed by atoms with E-state index in [9.17, 15) is 15.1 Å². The normalized spacial score (nSPS) is 20.4. The van der Waals surface area contributed by atoms with Crippen molar-refractivity contribution in [3.05, 3.63) is 70.7 Å². The minimum absolute atomic E-state index is 0.0177. The van der Waals surface area contributed by atoms with Crippen LogP contribution in [0, 0.1) is 5.21 Å². The Morgan fingerprint density at radius 2 is 2.00 bits per heavy atom. The van der Waals surface area contributed by atoms with Crippen LogP contribution in [0.1, 0.15) is 27.7 Å². The van der Waals surface area contributed by atoms with Crippen LogP contribution in [0.15, 0.2) is 48.7 Å². The Morgan fingerprint density at radius 3 is 2.80 bits per heavy atom. The first-order valence-electron chi connectivity index (χ1n) is 6.42. The summed E-state index contributed by atoms with van der Waals surface area (Å²) in [4.78, 5) is 12.1. The summed E-state index contributed by atoms with van der Waals surface area (Å²) in [5.74, 6) is -0.485. The van der Waals surface area contributed by atoms with Gasteiger partial charge in [0, 0.05) is 18.6 Å². The predicted molar refractivity (Wildman–Crippen MR) is 71.8 cm³/mol. The van der Waals surface area contributed by atoms with Crippen LogP contribution in [0.2, 0.25) is 0 Å². The number of carbonyl (C=O) groups excluding carboxylic acids is 1. The van der Waals surface area contributed by atoms with E-state index in [1.165, 1.54) is 12.3 Å². The number of rotatable bonds is 2. The van der Waals surface area contributed by atoms with E-state index in [0.29, 0.717) is 11.2 Å². The fourth-order valence-corrected chi connectivity index (χ4v) is 2.57. The quantitative estimate of drug-likeness (QED) is 0.623. The van der Waals surface area contributed by atoms with Crippen LogP contribution in [0.4, 0.5) is 0 Å². The summed E-state index contributed by atoms with van der Waals surface area (Å²) < 4.78 is 0.516. The average Bonchev–Trinajstić information content (AvgIpc) is 2.76. The van der Waals surface area contributed by atoms with Gasteiger partial charge in [0.15, 0.2) is 6.20 Å². The summed E-state index contributed by atoms with van der Waals surface area (Å²) in [6, 6.07) is 11.7. The number of nitrogens with one attached hydrogen (secondary N) is 1. The van der Waals surface area contributed by atoms with E-state index in [0.717, 1.165) is 11.1 Å². The van der Waals surface area contributed by atoms with E-state index in [4.69, 9.17) is 0 Å². The molecule has 0 radical (unpaired) electrons. The van der Waals surface area contributed by atoms with Gasteiger partial charge in [-0.15, -0.1) is 0 Å². The van der Waals surface area contributed by atoms with Crippen LogP contribution in [0.5, 0.6) is 0 Å². The molecule has 0 spiro atoms. The zero-order valence-corrected chi connectivity index (χ0v) is 10.7. The van der Waals surface area contributed by atoms with Gasteiger partial charge in [0.1, 0.15) is 0 Å². The van der Waals surface area contributed by atoms with Crippen molar-refractivity contribution in [3.63, 3.8) is 0 Å². The number of nitrogens with zero attached hydrogens (tertiary/aromatic N) is 1. The first-order valence-corrected chi connectivity index (χ1v) is 6.42. The SMILES string of the molecule is O=C(NC1c2ccccc2CC1O)c1cccc[n+]1[O-]. The van der Waals surface area contributed by atoms with Crippen molar-refractivity contribution in [1.29, 1.82) is 0 Å². The monoisotopic (exact) mass is 270 g/mol. The molecule has 1 heterocycles. The highest BCUT2D eigenvalue weighted by molar-refractivity contribution is 5.91. The second kappa shape index (κ2) is 4.94. The molecule has 0 saturated heterocycles. The van der Waals surface area contributed by atoms with Gasteiger partial charge in [-0.05, 0) is 17.2 Å². The van der Waals surface area contributed by atoms with Crippen LogP contribution >= 0.6 is 0 Å². The zero-order chi connectivity index (χ0) is 14.1. The maximum absolute atomic E-state index is 12.1. The number of hydrogen-bond donors (Lipinski definition) is 2. The largest absolute Gasteiger partial charge is 0.618 e. The highest BCUT2D eigenvalue weighted by atomic mass is 16.5. The molecule has 102 valence electrons. The molecular weight excluding hydrogens is 256 g/mol. The Balaban J connectivity index is 1.85. The van der Waals surface area contributed by atoms with Gasteiger partial charge in [0.05, 0.1) is 12.1 Å². The molecule has 2 atom stereocenters. The van der Waals surface area contributed by atoms with E-state index in [-0.39, 0.29) is 5.69 Å². The number of aromatic nitrogens is 1. The Hall–Kier alpha value is -2.40. The number of benzene rings is 1. The lowest BCUT2D eigenvalue weighted by Gasteiger charge is -2.17. The summed E-state index contributed by atoms with van der Waals surface area (Å²) in [5, 5.41) is 24.4. The summed E-state index contributed by atoms with van der Waals surface area (Å²) >= 11 is 0. The molecule has 2 N–H and O–H groups in total. The number of hydrogen-bond acceptors (Lipinski definition) is 3. The van der Waals surface area contributed by atoms with Gasteiger partial charge in [-0.2, -0.15) is 4.73 Å². The minimum Gasteiger partial charge on any atom is -0.618 e. The molecule has 0 fully saturated rings. The molecule has 0 saturated carbocycles. The lowest BCUT2D eigenvalue weighted by molar-refractivity contribution is -0.607. The summed E-state index contributed by atoms with van der Waals surface area (Å²) in [7, 11) is 0. The Labute approximate surface area is 116 Å². The van der Waals surface area contributed by atoms with Crippen molar-refractivity contribution in [3.8, 4) is 0 Å². The van der Waals surface area contributed by atoms with Gasteiger partial charge in [0.2, 0.25) is 0 Å². The first kappa shape index (κ1) is 12.6. The third-order valence-corrected chi connectivity index (χ3v) is 3.55. The lowest BCUT2D eigenvalue weighted by atomic mass is 10.1. The summed E-state index contributed by atoms with van der Waals surface area (Å²) in [6.45, 7) is 0. The maximum Gasteiger partial charge on any atom is 0.317 e. The molecule has 1 amide bonds. The third kappa shape index (κ3) is 2.12. The fraction of sp³-hybridized carbons (Fsp3) is 0.200. The fourth-order valence-electron chi connectivity index (χ4n) is 2.57. The zero-order valence-electron chi connectivity index (χ0n) is 10.7. The van der Waals surface area contributed by atoms with Crippen molar-refractivity contribution in [2.75, 3.05) is 0 Å². The summed E-state index contributed by atoms with van der Waals surface area (Å²) in [6.07, 6.45) is 1.11. The second-order valence-electron chi connectivity index (χ2n) is 4.83. The number of carbonyl (C=O) groups is 1. The maximum atomic E-state index is 12.1. The molecule has 1 aliphatic carbocycles. The molecule has 1 aromatic heterocycles. The van der Waals surface area contributed by atoms with Crippen LogP contribution in [0.3, 0.4) is 0 Å².